The Morgan fingerprint density at radius 2 is 1.64 bits per heavy atom. The molecule has 1 amide bonds. The summed E-state index contributed by atoms with van der Waals surface area (Å²) in [6, 6.07) is 6.19. The van der Waals surface area contributed by atoms with E-state index in [4.69, 9.17) is 5.73 Å². The number of hydrogen-bond donors (Lipinski definition) is 7. The molecule has 5 rings (SSSR count). The number of hydrogen-bond acceptors (Lipinski definition) is 12. The van der Waals surface area contributed by atoms with E-state index in [0.29, 0.717) is 47.1 Å². The molecule has 0 spiro atoms. The molecule has 3 aromatic heterocycles. The fraction of sp³-hybridized carbons (Fsp3) is 0.500. The number of carbonyl (C=O) groups is 1. The van der Waals surface area contributed by atoms with Gasteiger partial charge >= 0.3 is 0 Å². The quantitative estimate of drug-likeness (QED) is 0.165. The summed E-state index contributed by atoms with van der Waals surface area (Å²) in [5, 5.41) is 25.0. The van der Waals surface area contributed by atoms with Crippen molar-refractivity contribution in [2.45, 2.75) is 83.3 Å². The van der Waals surface area contributed by atoms with Gasteiger partial charge in [-0.1, -0.05) is 0 Å². The van der Waals surface area contributed by atoms with Crippen LogP contribution >= 0.6 is 0 Å². The van der Waals surface area contributed by atoms with Crippen LogP contribution in [0.15, 0.2) is 36.8 Å². The minimum Gasteiger partial charge on any atom is -0.387 e. The van der Waals surface area contributed by atoms with E-state index in [0.717, 1.165) is 12.8 Å². The highest BCUT2D eigenvalue weighted by molar-refractivity contribution is 5.99. The normalized spacial score (nSPS) is 15.2. The molecule has 1 atom stereocenters. The molecule has 2 saturated carbocycles. The van der Waals surface area contributed by atoms with Crippen LogP contribution in [0.2, 0.25) is 0 Å². The molecule has 3 aromatic rings. The first-order chi connectivity index (χ1) is 20.0. The number of nitrogens with one attached hydrogen (secondary N) is 5. The standard InChI is InChI=1S/C21H30FN7O2.C7H10N4/c1-12(2)26-15-9-18(28-17-7-8-23-20(29-17)27-13-5-6-13)24-10-14(15)19(30)25-11-16(22)21(3,4)31;8-6-3-4-9-7(11-6)10-5-1-2-5/h7-10,12-13,16,31H,5-6,11H2,1-4H3,(H,25,30)(H3,23,24,26,27,28,29);3-5H,1-2H2,(H3,8,9,10,11)/t16-;/m1./s1. The van der Waals surface area contributed by atoms with Crippen LogP contribution in [0, 0.1) is 0 Å². The van der Waals surface area contributed by atoms with Crippen molar-refractivity contribution in [1.82, 2.24) is 30.2 Å². The minimum absolute atomic E-state index is 0.0560. The van der Waals surface area contributed by atoms with Crippen LogP contribution < -0.4 is 32.3 Å². The maximum atomic E-state index is 14.0. The minimum atomic E-state index is -1.59. The number of carbonyl (C=O) groups excluding carboxylic acids is 1. The van der Waals surface area contributed by atoms with E-state index in [-0.39, 0.29) is 18.2 Å². The first-order valence-electron chi connectivity index (χ1n) is 14.1. The summed E-state index contributed by atoms with van der Waals surface area (Å²) in [4.78, 5) is 33.6. The number of halogens is 1. The number of pyridine rings is 1. The Labute approximate surface area is 244 Å². The fourth-order valence-electron chi connectivity index (χ4n) is 3.55. The molecule has 0 saturated heterocycles. The van der Waals surface area contributed by atoms with E-state index in [1.54, 1.807) is 30.6 Å². The zero-order valence-electron chi connectivity index (χ0n) is 24.4. The summed E-state index contributed by atoms with van der Waals surface area (Å²) < 4.78 is 14.0. The lowest BCUT2D eigenvalue weighted by Gasteiger charge is -2.23. The van der Waals surface area contributed by atoms with Gasteiger partial charge in [-0.15, -0.1) is 0 Å². The molecule has 3 heterocycles. The van der Waals surface area contributed by atoms with Gasteiger partial charge in [-0.25, -0.2) is 19.3 Å². The zero-order chi connectivity index (χ0) is 30.3. The number of anilines is 6. The predicted molar refractivity (Wildman–Crippen MR) is 162 cm³/mol. The number of aliphatic hydroxyl groups is 1. The Hall–Kier alpha value is -4.33. The maximum absolute atomic E-state index is 14.0. The maximum Gasteiger partial charge on any atom is 0.255 e. The van der Waals surface area contributed by atoms with E-state index >= 15 is 0 Å². The van der Waals surface area contributed by atoms with Gasteiger partial charge in [0.05, 0.1) is 23.4 Å². The molecule has 14 heteroatoms. The van der Waals surface area contributed by atoms with Gasteiger partial charge in [-0.2, -0.15) is 9.97 Å². The number of nitrogens with zero attached hydrogens (tertiary/aromatic N) is 5. The molecule has 0 aromatic carbocycles. The van der Waals surface area contributed by atoms with Crippen molar-refractivity contribution >= 4 is 40.9 Å². The second kappa shape index (κ2) is 13.6. The third-order valence-corrected chi connectivity index (χ3v) is 6.21. The van der Waals surface area contributed by atoms with Crippen molar-refractivity contribution in [3.8, 4) is 0 Å². The number of nitrogens with two attached hydrogens (primary N) is 1. The summed E-state index contributed by atoms with van der Waals surface area (Å²) >= 11 is 0. The van der Waals surface area contributed by atoms with Gasteiger partial charge in [0.15, 0.2) is 0 Å². The summed E-state index contributed by atoms with van der Waals surface area (Å²) in [5.41, 5.74) is 4.75. The number of nitrogen functional groups attached to an aromatic ring is 1. The third-order valence-electron chi connectivity index (χ3n) is 6.21. The molecule has 226 valence electrons. The summed E-state index contributed by atoms with van der Waals surface area (Å²) in [5.74, 6) is 2.30. The average molecular weight is 582 g/mol. The third kappa shape index (κ3) is 9.94. The van der Waals surface area contributed by atoms with Gasteiger partial charge in [0, 0.05) is 42.8 Å². The van der Waals surface area contributed by atoms with Crippen LogP contribution in [0.4, 0.5) is 39.4 Å². The molecule has 0 bridgehead atoms. The molecule has 2 aliphatic carbocycles. The predicted octanol–water partition coefficient (Wildman–Crippen LogP) is 3.48. The summed E-state index contributed by atoms with van der Waals surface area (Å²) in [7, 11) is 0. The lowest BCUT2D eigenvalue weighted by molar-refractivity contribution is -0.00177. The second-order valence-electron chi connectivity index (χ2n) is 11.3. The van der Waals surface area contributed by atoms with Crippen molar-refractivity contribution in [3.05, 3.63) is 42.4 Å². The van der Waals surface area contributed by atoms with Gasteiger partial charge in [-0.3, -0.25) is 4.79 Å². The Balaban J connectivity index is 0.000000305. The molecule has 8 N–H and O–H groups in total. The fourth-order valence-corrected chi connectivity index (χ4v) is 3.55. The monoisotopic (exact) mass is 581 g/mol. The Morgan fingerprint density at radius 3 is 2.21 bits per heavy atom. The van der Waals surface area contributed by atoms with Crippen molar-refractivity contribution < 1.29 is 14.3 Å². The number of aromatic nitrogens is 5. The highest BCUT2D eigenvalue weighted by atomic mass is 19.1. The van der Waals surface area contributed by atoms with Gasteiger partial charge in [0.2, 0.25) is 11.9 Å². The van der Waals surface area contributed by atoms with Crippen LogP contribution in [0.1, 0.15) is 63.7 Å². The highest BCUT2D eigenvalue weighted by Crippen LogP contribution is 2.25. The van der Waals surface area contributed by atoms with Crippen molar-refractivity contribution in [3.63, 3.8) is 0 Å². The van der Waals surface area contributed by atoms with Gasteiger partial charge in [0.1, 0.15) is 23.6 Å². The number of rotatable bonds is 12. The smallest absolute Gasteiger partial charge is 0.255 e. The first-order valence-corrected chi connectivity index (χ1v) is 14.1. The SMILES string of the molecule is CC(C)Nc1cc(Nc2ccnc(NC3CC3)n2)ncc1C(=O)NC[C@@H](F)C(C)(C)O.Nc1ccnc(NC2CC2)n1. The Morgan fingerprint density at radius 1 is 1.02 bits per heavy atom. The van der Waals surface area contributed by atoms with E-state index in [2.05, 4.69) is 51.5 Å². The average Bonchev–Trinajstić information content (AvgIpc) is 3.85. The van der Waals surface area contributed by atoms with Crippen molar-refractivity contribution in [2.24, 2.45) is 0 Å². The largest absolute Gasteiger partial charge is 0.387 e. The summed E-state index contributed by atoms with van der Waals surface area (Å²) in [6.07, 6.45) is 7.83. The number of amides is 1. The zero-order valence-corrected chi connectivity index (χ0v) is 24.4. The van der Waals surface area contributed by atoms with Crippen LogP contribution in [0.25, 0.3) is 0 Å². The molecule has 0 unspecified atom stereocenters. The highest BCUT2D eigenvalue weighted by Gasteiger charge is 2.27. The van der Waals surface area contributed by atoms with Crippen LogP contribution in [-0.4, -0.2) is 72.4 Å². The second-order valence-corrected chi connectivity index (χ2v) is 11.3. The molecule has 2 aliphatic rings. The van der Waals surface area contributed by atoms with Crippen LogP contribution in [0.5, 0.6) is 0 Å². The van der Waals surface area contributed by atoms with E-state index < -0.39 is 17.7 Å². The molecule has 2 fully saturated rings. The van der Waals surface area contributed by atoms with Crippen LogP contribution in [0.3, 0.4) is 0 Å². The van der Waals surface area contributed by atoms with Crippen molar-refractivity contribution in [1.29, 1.82) is 0 Å². The first kappa shape index (κ1) is 30.6. The molecule has 0 aliphatic heterocycles. The van der Waals surface area contributed by atoms with Gasteiger partial charge < -0.3 is 37.4 Å². The lowest BCUT2D eigenvalue weighted by atomic mass is 10.0. The van der Waals surface area contributed by atoms with Crippen molar-refractivity contribution in [2.75, 3.05) is 33.5 Å². The summed E-state index contributed by atoms with van der Waals surface area (Å²) in [6.45, 7) is 6.30. The van der Waals surface area contributed by atoms with E-state index in [1.807, 2.05) is 13.8 Å². The Bertz CT molecular complexity index is 1340. The Kier molecular flexibility index (Phi) is 9.88. The lowest BCUT2D eigenvalue weighted by Crippen LogP contribution is -2.42. The van der Waals surface area contributed by atoms with Gasteiger partial charge in [0.25, 0.3) is 5.91 Å². The molecular weight excluding hydrogens is 541 g/mol. The molecular formula is C28H40FN11O2. The topological polar surface area (TPSA) is 188 Å². The van der Waals surface area contributed by atoms with Crippen LogP contribution in [-0.2, 0) is 0 Å². The number of alkyl halides is 1. The van der Waals surface area contributed by atoms with E-state index in [1.165, 1.54) is 32.9 Å². The van der Waals surface area contributed by atoms with Gasteiger partial charge in [-0.05, 0) is 65.5 Å². The molecule has 0 radical (unpaired) electrons. The molecule has 42 heavy (non-hydrogen) atoms. The molecule has 13 nitrogen and oxygen atoms in total. The van der Waals surface area contributed by atoms with E-state index in [9.17, 15) is 14.3 Å².